The van der Waals surface area contributed by atoms with Gasteiger partial charge < -0.3 is 4.74 Å². The predicted molar refractivity (Wildman–Crippen MR) is 193 cm³/mol. The van der Waals surface area contributed by atoms with Gasteiger partial charge in [-0.1, -0.05) is 123 Å². The van der Waals surface area contributed by atoms with E-state index in [0.717, 1.165) is 61.2 Å². The first-order valence-corrected chi connectivity index (χ1v) is 20.2. The number of hydrogen-bond acceptors (Lipinski definition) is 2. The Kier molecular flexibility index (Phi) is 14.6. The molecule has 0 bridgehead atoms. The molecule has 0 amide bonds. The van der Waals surface area contributed by atoms with Gasteiger partial charge in [0.2, 0.25) is 0 Å². The van der Waals surface area contributed by atoms with Crippen LogP contribution in [0.15, 0.2) is 23.8 Å². The fourth-order valence-electron chi connectivity index (χ4n) is 11.0. The molecule has 3 saturated carbocycles. The third-order valence-corrected chi connectivity index (χ3v) is 13.7. The summed E-state index contributed by atoms with van der Waals surface area (Å²) in [6.45, 7) is 14.9. The van der Waals surface area contributed by atoms with Crippen LogP contribution >= 0.6 is 0 Å². The van der Waals surface area contributed by atoms with E-state index in [4.69, 9.17) is 4.74 Å². The van der Waals surface area contributed by atoms with Gasteiger partial charge in [0, 0.05) is 12.8 Å². The minimum Gasteiger partial charge on any atom is -0.462 e. The van der Waals surface area contributed by atoms with Crippen LogP contribution in [-0.2, 0) is 9.53 Å². The first kappa shape index (κ1) is 36.8. The monoisotopic (exact) mass is 623 g/mol. The van der Waals surface area contributed by atoms with Crippen molar-refractivity contribution in [3.05, 3.63) is 23.8 Å². The van der Waals surface area contributed by atoms with E-state index >= 15 is 0 Å². The van der Waals surface area contributed by atoms with Crippen LogP contribution in [0.2, 0.25) is 0 Å². The van der Waals surface area contributed by atoms with Crippen molar-refractivity contribution in [1.29, 1.82) is 0 Å². The third-order valence-electron chi connectivity index (χ3n) is 13.7. The fourth-order valence-corrected chi connectivity index (χ4v) is 11.0. The molecule has 2 nitrogen and oxygen atoms in total. The second-order valence-electron chi connectivity index (χ2n) is 17.3. The molecular weight excluding hydrogens is 548 g/mol. The maximum Gasteiger partial charge on any atom is 0.306 e. The van der Waals surface area contributed by atoms with Gasteiger partial charge in [-0.05, 0) is 123 Å². The molecule has 0 aromatic rings. The predicted octanol–water partition coefficient (Wildman–Crippen LogP) is 13.2. The Morgan fingerprint density at radius 2 is 1.56 bits per heavy atom. The average molecular weight is 623 g/mol. The topological polar surface area (TPSA) is 26.3 Å². The number of carbonyl (C=O) groups excluding carboxylic acids is 1. The maximum absolute atomic E-state index is 12.8. The summed E-state index contributed by atoms with van der Waals surface area (Å²) < 4.78 is 6.11. The van der Waals surface area contributed by atoms with Gasteiger partial charge in [-0.15, -0.1) is 0 Å². The summed E-state index contributed by atoms with van der Waals surface area (Å²) in [5, 5.41) is 0. The first-order valence-electron chi connectivity index (χ1n) is 20.2. The first-order chi connectivity index (χ1) is 21.7. The summed E-state index contributed by atoms with van der Waals surface area (Å²) in [7, 11) is 0. The lowest BCUT2D eigenvalue weighted by Gasteiger charge is -2.58. The highest BCUT2D eigenvalue weighted by atomic mass is 16.5. The van der Waals surface area contributed by atoms with Crippen LogP contribution in [0.3, 0.4) is 0 Å². The highest BCUT2D eigenvalue weighted by molar-refractivity contribution is 5.69. The van der Waals surface area contributed by atoms with Gasteiger partial charge in [0.05, 0.1) is 0 Å². The lowest BCUT2D eigenvalue weighted by Crippen LogP contribution is -2.51. The van der Waals surface area contributed by atoms with E-state index in [1.165, 1.54) is 116 Å². The molecule has 0 spiro atoms. The lowest BCUT2D eigenvalue weighted by atomic mass is 9.47. The van der Waals surface area contributed by atoms with Gasteiger partial charge in [0.15, 0.2) is 0 Å². The minimum absolute atomic E-state index is 0.0526. The van der Waals surface area contributed by atoms with Gasteiger partial charge in [-0.2, -0.15) is 0 Å². The quantitative estimate of drug-likeness (QED) is 0.0814. The summed E-state index contributed by atoms with van der Waals surface area (Å²) in [5.74, 6) is 5.32. The smallest absolute Gasteiger partial charge is 0.306 e. The molecule has 258 valence electrons. The molecule has 0 aliphatic heterocycles. The van der Waals surface area contributed by atoms with E-state index in [9.17, 15) is 4.79 Å². The number of fused-ring (bicyclic) bond motifs is 5. The third kappa shape index (κ3) is 9.75. The molecule has 0 radical (unpaired) electrons. The van der Waals surface area contributed by atoms with Gasteiger partial charge in [0.25, 0.3) is 0 Å². The van der Waals surface area contributed by atoms with Gasteiger partial charge in [-0.25, -0.2) is 0 Å². The van der Waals surface area contributed by atoms with Crippen molar-refractivity contribution in [1.82, 2.24) is 0 Å². The number of ether oxygens (including phenoxy) is 1. The Bertz CT molecular complexity index is 945. The number of carbonyl (C=O) groups is 1. The Hall–Kier alpha value is -1.05. The molecule has 45 heavy (non-hydrogen) atoms. The summed E-state index contributed by atoms with van der Waals surface area (Å²) in [6.07, 6.45) is 36.5. The summed E-state index contributed by atoms with van der Waals surface area (Å²) in [5.41, 5.74) is 2.53. The van der Waals surface area contributed by atoms with E-state index in [-0.39, 0.29) is 12.1 Å². The van der Waals surface area contributed by atoms with Crippen molar-refractivity contribution < 1.29 is 9.53 Å². The zero-order valence-corrected chi connectivity index (χ0v) is 30.9. The Morgan fingerprint density at radius 3 is 2.29 bits per heavy atom. The van der Waals surface area contributed by atoms with E-state index in [1.54, 1.807) is 5.57 Å². The minimum atomic E-state index is 0.0526. The van der Waals surface area contributed by atoms with Gasteiger partial charge in [-0.3, -0.25) is 4.79 Å². The van der Waals surface area contributed by atoms with Crippen LogP contribution in [0.25, 0.3) is 0 Å². The maximum atomic E-state index is 12.8. The Morgan fingerprint density at radius 1 is 0.844 bits per heavy atom. The number of rotatable bonds is 19. The van der Waals surface area contributed by atoms with Crippen LogP contribution in [0.1, 0.15) is 189 Å². The summed E-state index contributed by atoms with van der Waals surface area (Å²) >= 11 is 0. The van der Waals surface area contributed by atoms with E-state index < -0.39 is 0 Å². The Labute approximate surface area is 280 Å². The van der Waals surface area contributed by atoms with Crippen LogP contribution in [0.5, 0.6) is 0 Å². The van der Waals surface area contributed by atoms with Crippen LogP contribution in [0.4, 0.5) is 0 Å². The van der Waals surface area contributed by atoms with Crippen molar-refractivity contribution in [2.24, 2.45) is 46.3 Å². The molecular formula is C43H74O2. The van der Waals surface area contributed by atoms with E-state index in [2.05, 4.69) is 59.8 Å². The molecule has 4 aliphatic rings. The van der Waals surface area contributed by atoms with Crippen molar-refractivity contribution in [3.8, 4) is 0 Å². The van der Waals surface area contributed by atoms with Crippen LogP contribution in [-0.4, -0.2) is 12.1 Å². The van der Waals surface area contributed by atoms with Crippen molar-refractivity contribution >= 4 is 5.97 Å². The van der Waals surface area contributed by atoms with Crippen molar-refractivity contribution in [2.45, 2.75) is 195 Å². The highest BCUT2D eigenvalue weighted by Crippen LogP contribution is 2.67. The highest BCUT2D eigenvalue weighted by Gasteiger charge is 2.59. The molecule has 0 N–H and O–H groups in total. The van der Waals surface area contributed by atoms with Crippen molar-refractivity contribution in [2.75, 3.05) is 0 Å². The SMILES string of the molecule is CCCCCC/C=C/CCCCCCCC(=O)O[C@H]1CC[C@@]2(C)C(=CC[C@@H]3[C@H]4CC[C@@H]([C@H](C)CCCC(C)C)[C@@]4(C)CC[C@H]32)C1. The van der Waals surface area contributed by atoms with Crippen LogP contribution in [0, 0.1) is 46.3 Å². The molecule has 8 atom stereocenters. The number of allylic oxidation sites excluding steroid dienone is 3. The van der Waals surface area contributed by atoms with E-state index in [1.807, 2.05) is 0 Å². The lowest BCUT2D eigenvalue weighted by molar-refractivity contribution is -0.151. The standard InChI is InChI=1S/C43H74O2/c1-7-8-9-10-11-12-13-14-15-16-17-18-19-23-41(44)45-36-28-30-42(5)35(32-36)24-25-37-39-27-26-38(34(4)22-20-21-33(2)3)43(39,6)31-29-40(37)42/h12-13,24,33-34,36-40H,7-11,14-23,25-32H2,1-6H3/b13-12+/t34-,36+,37-,38+,39-,40-,42+,43-/m1/s1. The van der Waals surface area contributed by atoms with Gasteiger partial charge in [0.1, 0.15) is 6.10 Å². The number of hydrogen-bond donors (Lipinski definition) is 0. The number of esters is 1. The normalized spacial score (nSPS) is 33.5. The summed E-state index contributed by atoms with van der Waals surface area (Å²) in [6, 6.07) is 0. The Balaban J connectivity index is 1.16. The average Bonchev–Trinajstić information content (AvgIpc) is 3.37. The second kappa shape index (κ2) is 17.9. The largest absolute Gasteiger partial charge is 0.462 e. The molecule has 0 unspecified atom stereocenters. The molecule has 0 saturated heterocycles. The van der Waals surface area contributed by atoms with Crippen molar-refractivity contribution in [3.63, 3.8) is 0 Å². The molecule has 2 heteroatoms. The van der Waals surface area contributed by atoms with Crippen LogP contribution < -0.4 is 0 Å². The molecule has 4 rings (SSSR count). The molecule has 0 aromatic heterocycles. The zero-order valence-electron chi connectivity index (χ0n) is 30.9. The fraction of sp³-hybridized carbons (Fsp3) is 0.884. The molecule has 0 heterocycles. The zero-order chi connectivity index (χ0) is 32.3. The molecule has 4 aliphatic carbocycles. The molecule has 3 fully saturated rings. The van der Waals surface area contributed by atoms with Gasteiger partial charge >= 0.3 is 5.97 Å². The molecule has 0 aromatic carbocycles. The van der Waals surface area contributed by atoms with E-state index in [0.29, 0.717) is 17.3 Å². The number of unbranched alkanes of at least 4 members (excludes halogenated alkanes) is 9. The second-order valence-corrected chi connectivity index (χ2v) is 17.3. The summed E-state index contributed by atoms with van der Waals surface area (Å²) in [4.78, 5) is 12.8.